The van der Waals surface area contributed by atoms with Crippen molar-refractivity contribution in [1.29, 1.82) is 0 Å². The van der Waals surface area contributed by atoms with Gasteiger partial charge < -0.3 is 10.5 Å². The van der Waals surface area contributed by atoms with E-state index < -0.39 is 0 Å². The first-order valence-electron chi connectivity index (χ1n) is 6.32. The Bertz CT molecular complexity index is 760. The van der Waals surface area contributed by atoms with Gasteiger partial charge in [0.2, 0.25) is 4.96 Å². The summed E-state index contributed by atoms with van der Waals surface area (Å²) in [5, 5.41) is 13.9. The molecule has 0 aromatic carbocycles. The Labute approximate surface area is 118 Å². The summed E-state index contributed by atoms with van der Waals surface area (Å²) in [5.74, 6) is 1.14. The summed E-state index contributed by atoms with van der Waals surface area (Å²) in [6, 6.07) is 1.86. The molecule has 1 atom stereocenters. The molecule has 3 aromatic heterocycles. The van der Waals surface area contributed by atoms with Gasteiger partial charge >= 0.3 is 0 Å². The fraction of sp³-hybridized carbons (Fsp3) is 0.333. The van der Waals surface area contributed by atoms with E-state index in [4.69, 9.17) is 10.5 Å². The summed E-state index contributed by atoms with van der Waals surface area (Å²) in [6.07, 6.45) is 4.30. The molecule has 4 rings (SSSR count). The van der Waals surface area contributed by atoms with Crippen molar-refractivity contribution in [3.8, 4) is 10.6 Å². The molecule has 3 aromatic rings. The third kappa shape index (κ3) is 1.76. The number of rotatable bonds is 2. The van der Waals surface area contributed by atoms with Crippen molar-refractivity contribution in [2.45, 2.75) is 12.3 Å². The predicted molar refractivity (Wildman–Crippen MR) is 74.5 cm³/mol. The molecule has 102 valence electrons. The van der Waals surface area contributed by atoms with E-state index in [0.29, 0.717) is 12.3 Å². The van der Waals surface area contributed by atoms with Gasteiger partial charge in [-0.2, -0.15) is 9.61 Å². The molecule has 8 heteroatoms. The van der Waals surface area contributed by atoms with Crippen LogP contribution in [0.15, 0.2) is 18.5 Å². The maximum absolute atomic E-state index is 5.94. The van der Waals surface area contributed by atoms with E-state index >= 15 is 0 Å². The summed E-state index contributed by atoms with van der Waals surface area (Å²) in [6.45, 7) is 1.46. The van der Waals surface area contributed by atoms with Crippen LogP contribution >= 0.6 is 11.3 Å². The Kier molecular flexibility index (Phi) is 2.64. The van der Waals surface area contributed by atoms with Crippen molar-refractivity contribution in [3.63, 3.8) is 0 Å². The van der Waals surface area contributed by atoms with Gasteiger partial charge in [0.1, 0.15) is 5.01 Å². The van der Waals surface area contributed by atoms with Crippen LogP contribution in [0.25, 0.3) is 15.5 Å². The van der Waals surface area contributed by atoms with E-state index in [1.54, 1.807) is 16.9 Å². The number of hydrogen-bond acceptors (Lipinski definition) is 7. The average Bonchev–Trinajstić information content (AvgIpc) is 3.14. The third-order valence-corrected chi connectivity index (χ3v) is 4.32. The maximum Gasteiger partial charge on any atom is 0.234 e. The van der Waals surface area contributed by atoms with Gasteiger partial charge in [0.05, 0.1) is 18.5 Å². The number of hydrogen-bond donors (Lipinski definition) is 1. The van der Waals surface area contributed by atoms with Crippen LogP contribution in [0.5, 0.6) is 0 Å². The zero-order chi connectivity index (χ0) is 13.5. The van der Waals surface area contributed by atoms with Crippen LogP contribution in [-0.4, -0.2) is 38.0 Å². The van der Waals surface area contributed by atoms with Crippen molar-refractivity contribution in [2.24, 2.45) is 0 Å². The molecular weight excluding hydrogens is 276 g/mol. The highest BCUT2D eigenvalue weighted by atomic mass is 32.1. The minimum atomic E-state index is 0.273. The smallest absolute Gasteiger partial charge is 0.234 e. The highest BCUT2D eigenvalue weighted by Crippen LogP contribution is 2.31. The molecule has 20 heavy (non-hydrogen) atoms. The number of fused-ring (bicyclic) bond motifs is 1. The number of aromatic nitrogens is 5. The molecule has 0 amide bonds. The molecule has 0 saturated carbocycles. The second-order valence-electron chi connectivity index (χ2n) is 4.68. The van der Waals surface area contributed by atoms with Gasteiger partial charge in [-0.25, -0.2) is 0 Å². The zero-order valence-electron chi connectivity index (χ0n) is 10.6. The van der Waals surface area contributed by atoms with Crippen LogP contribution in [0, 0.1) is 0 Å². The second kappa shape index (κ2) is 4.50. The normalized spacial score (nSPS) is 18.9. The molecule has 1 aliphatic rings. The fourth-order valence-electron chi connectivity index (χ4n) is 2.34. The van der Waals surface area contributed by atoms with Crippen LogP contribution in [-0.2, 0) is 4.74 Å². The lowest BCUT2D eigenvalue weighted by atomic mass is 10.1. The highest BCUT2D eigenvalue weighted by molar-refractivity contribution is 7.19. The monoisotopic (exact) mass is 288 g/mol. The quantitative estimate of drug-likeness (QED) is 0.765. The van der Waals surface area contributed by atoms with Crippen molar-refractivity contribution < 1.29 is 4.74 Å². The van der Waals surface area contributed by atoms with E-state index in [1.165, 1.54) is 11.3 Å². The lowest BCUT2D eigenvalue weighted by Crippen LogP contribution is -2.04. The van der Waals surface area contributed by atoms with Crippen LogP contribution in [0.2, 0.25) is 0 Å². The zero-order valence-corrected chi connectivity index (χ0v) is 11.4. The molecule has 0 radical (unpaired) electrons. The molecule has 1 unspecified atom stereocenters. The Morgan fingerprint density at radius 3 is 3.15 bits per heavy atom. The second-order valence-corrected chi connectivity index (χ2v) is 5.64. The Morgan fingerprint density at radius 1 is 1.40 bits per heavy atom. The van der Waals surface area contributed by atoms with Crippen LogP contribution in [0.3, 0.4) is 0 Å². The molecule has 0 aliphatic carbocycles. The van der Waals surface area contributed by atoms with E-state index in [1.807, 2.05) is 6.07 Å². The molecule has 1 saturated heterocycles. The summed E-state index contributed by atoms with van der Waals surface area (Å²) in [5.41, 5.74) is 7.44. The molecule has 0 spiro atoms. The first-order valence-corrected chi connectivity index (χ1v) is 7.14. The average molecular weight is 288 g/mol. The topological polar surface area (TPSA) is 91.2 Å². The van der Waals surface area contributed by atoms with Gasteiger partial charge in [0, 0.05) is 24.3 Å². The summed E-state index contributed by atoms with van der Waals surface area (Å²) < 4.78 is 7.21. The van der Waals surface area contributed by atoms with Gasteiger partial charge in [-0.3, -0.25) is 4.98 Å². The Balaban J connectivity index is 1.81. The van der Waals surface area contributed by atoms with Crippen LogP contribution in [0.1, 0.15) is 18.2 Å². The third-order valence-electron chi connectivity index (χ3n) is 3.39. The van der Waals surface area contributed by atoms with Crippen molar-refractivity contribution in [2.75, 3.05) is 18.9 Å². The molecule has 2 N–H and O–H groups in total. The van der Waals surface area contributed by atoms with Crippen molar-refractivity contribution in [3.05, 3.63) is 24.3 Å². The molecular formula is C12H12N6OS. The van der Waals surface area contributed by atoms with Crippen LogP contribution < -0.4 is 5.73 Å². The van der Waals surface area contributed by atoms with Gasteiger partial charge in [-0.15, -0.1) is 10.2 Å². The lowest BCUT2D eigenvalue weighted by molar-refractivity contribution is 0.193. The Morgan fingerprint density at radius 2 is 2.35 bits per heavy atom. The first kappa shape index (κ1) is 11.7. The van der Waals surface area contributed by atoms with Gasteiger partial charge in [0.15, 0.2) is 5.82 Å². The molecule has 1 fully saturated rings. The van der Waals surface area contributed by atoms with Crippen LogP contribution in [0.4, 0.5) is 5.69 Å². The fourth-order valence-corrected chi connectivity index (χ4v) is 3.23. The van der Waals surface area contributed by atoms with Gasteiger partial charge in [0.25, 0.3) is 0 Å². The largest absolute Gasteiger partial charge is 0.397 e. The molecule has 7 nitrogen and oxygen atoms in total. The highest BCUT2D eigenvalue weighted by Gasteiger charge is 2.25. The maximum atomic E-state index is 5.94. The number of nitrogen functional groups attached to an aromatic ring is 1. The SMILES string of the molecule is Nc1cnccc1-c1nn2c(C3CCOC3)nnc2s1. The minimum Gasteiger partial charge on any atom is -0.397 e. The summed E-state index contributed by atoms with van der Waals surface area (Å²) in [7, 11) is 0. The summed E-state index contributed by atoms with van der Waals surface area (Å²) >= 11 is 1.47. The predicted octanol–water partition coefficient (Wildman–Crippen LogP) is 1.33. The van der Waals surface area contributed by atoms with Crippen molar-refractivity contribution >= 4 is 22.0 Å². The van der Waals surface area contributed by atoms with Gasteiger partial charge in [-0.05, 0) is 12.5 Å². The van der Waals surface area contributed by atoms with E-state index in [9.17, 15) is 0 Å². The van der Waals surface area contributed by atoms with E-state index in [-0.39, 0.29) is 5.92 Å². The lowest BCUT2D eigenvalue weighted by Gasteiger charge is -2.02. The first-order chi connectivity index (χ1) is 9.83. The number of ether oxygens (including phenoxy) is 1. The standard InChI is InChI=1S/C12H12N6OS/c13-9-5-14-3-1-8(9)11-17-18-10(7-2-4-19-6-7)15-16-12(18)20-11/h1,3,5,7H,2,4,6,13H2. The molecule has 0 bridgehead atoms. The summed E-state index contributed by atoms with van der Waals surface area (Å²) in [4.78, 5) is 4.77. The van der Waals surface area contributed by atoms with Gasteiger partial charge in [-0.1, -0.05) is 11.3 Å². The molecule has 1 aliphatic heterocycles. The van der Waals surface area contributed by atoms with Crippen molar-refractivity contribution in [1.82, 2.24) is 24.8 Å². The number of anilines is 1. The number of nitrogens with two attached hydrogens (primary N) is 1. The molecule has 4 heterocycles. The van der Waals surface area contributed by atoms with E-state index in [2.05, 4.69) is 20.3 Å². The minimum absolute atomic E-state index is 0.273. The number of pyridine rings is 1. The number of nitrogens with zero attached hydrogens (tertiary/aromatic N) is 5. The Hall–Kier alpha value is -2.06. The van der Waals surface area contributed by atoms with E-state index in [0.717, 1.165) is 34.4 Å².